The molecule has 0 fully saturated rings. The summed E-state index contributed by atoms with van der Waals surface area (Å²) in [6.07, 6.45) is 9.54. The lowest BCUT2D eigenvalue weighted by Crippen LogP contribution is -1.99. The summed E-state index contributed by atoms with van der Waals surface area (Å²) in [5.74, 6) is 0. The topological polar surface area (TPSA) is 0 Å². The fourth-order valence-electron chi connectivity index (χ4n) is 1.37. The molecule has 12 heavy (non-hydrogen) atoms. The average molecular weight is 206 g/mol. The van der Waals surface area contributed by atoms with Gasteiger partial charge in [-0.3, -0.25) is 0 Å². The van der Waals surface area contributed by atoms with Gasteiger partial charge in [0, 0.05) is 5.25 Å². The summed E-state index contributed by atoms with van der Waals surface area (Å²) in [6, 6.07) is 0. The van der Waals surface area contributed by atoms with Crippen LogP contribution >= 0.6 is 22.5 Å². The highest BCUT2D eigenvalue weighted by atomic mass is 33.1. The zero-order valence-corrected chi connectivity index (χ0v) is 10.1. The van der Waals surface area contributed by atoms with Crippen LogP contribution in [0.5, 0.6) is 0 Å². The zero-order valence-electron chi connectivity index (χ0n) is 8.38. The summed E-state index contributed by atoms with van der Waals surface area (Å²) >= 11 is 4.29. The van der Waals surface area contributed by atoms with Gasteiger partial charge in [0.25, 0.3) is 0 Å². The SMILES string of the molecule is CCCCCCC(CCC)SS. The summed E-state index contributed by atoms with van der Waals surface area (Å²) in [5.41, 5.74) is 0. The van der Waals surface area contributed by atoms with E-state index in [0.717, 1.165) is 5.25 Å². The average Bonchev–Trinajstić information content (AvgIpc) is 2.10. The molecular formula is C10H22S2. The highest BCUT2D eigenvalue weighted by Gasteiger charge is 2.04. The normalized spacial score (nSPS) is 13.2. The maximum Gasteiger partial charge on any atom is 0.0148 e. The Hall–Kier alpha value is 0.700. The number of hydrogen-bond donors (Lipinski definition) is 1. The van der Waals surface area contributed by atoms with Crippen LogP contribution in [0.4, 0.5) is 0 Å². The predicted octanol–water partition coefficient (Wildman–Crippen LogP) is 4.70. The van der Waals surface area contributed by atoms with Crippen LogP contribution in [-0.2, 0) is 0 Å². The molecule has 0 N–H and O–H groups in total. The van der Waals surface area contributed by atoms with Gasteiger partial charge >= 0.3 is 0 Å². The van der Waals surface area contributed by atoms with Gasteiger partial charge in [0.2, 0.25) is 0 Å². The van der Waals surface area contributed by atoms with E-state index in [1.807, 2.05) is 0 Å². The zero-order chi connectivity index (χ0) is 9.23. The van der Waals surface area contributed by atoms with Crippen LogP contribution in [0.1, 0.15) is 58.8 Å². The van der Waals surface area contributed by atoms with E-state index in [-0.39, 0.29) is 0 Å². The lowest BCUT2D eigenvalue weighted by molar-refractivity contribution is 0.597. The second-order valence-electron chi connectivity index (χ2n) is 3.37. The van der Waals surface area contributed by atoms with Crippen molar-refractivity contribution in [2.75, 3.05) is 0 Å². The molecule has 0 bridgehead atoms. The first kappa shape index (κ1) is 12.7. The molecule has 0 aromatic carbocycles. The van der Waals surface area contributed by atoms with Crippen LogP contribution in [0.3, 0.4) is 0 Å². The molecular weight excluding hydrogens is 184 g/mol. The van der Waals surface area contributed by atoms with E-state index in [4.69, 9.17) is 0 Å². The molecule has 0 aliphatic carbocycles. The molecule has 0 spiro atoms. The monoisotopic (exact) mass is 206 g/mol. The van der Waals surface area contributed by atoms with E-state index in [1.165, 1.54) is 44.9 Å². The minimum absolute atomic E-state index is 0.801. The predicted molar refractivity (Wildman–Crippen MR) is 64.0 cm³/mol. The molecule has 0 radical (unpaired) electrons. The Morgan fingerprint density at radius 1 is 1.00 bits per heavy atom. The Balaban J connectivity index is 3.19. The van der Waals surface area contributed by atoms with Crippen LogP contribution in [0, 0.1) is 0 Å². The Kier molecular flexibility index (Phi) is 10.4. The highest BCUT2D eigenvalue weighted by molar-refractivity contribution is 8.68. The molecule has 74 valence electrons. The van der Waals surface area contributed by atoms with Crippen LogP contribution in [0.2, 0.25) is 0 Å². The van der Waals surface area contributed by atoms with Gasteiger partial charge in [0.1, 0.15) is 0 Å². The highest BCUT2D eigenvalue weighted by Crippen LogP contribution is 2.24. The molecule has 0 rings (SSSR count). The van der Waals surface area contributed by atoms with E-state index in [9.17, 15) is 0 Å². The molecule has 0 amide bonds. The first-order chi connectivity index (χ1) is 5.85. The van der Waals surface area contributed by atoms with Crippen LogP contribution in [0.25, 0.3) is 0 Å². The first-order valence-electron chi connectivity index (χ1n) is 5.15. The van der Waals surface area contributed by atoms with Gasteiger partial charge in [-0.2, -0.15) is 0 Å². The van der Waals surface area contributed by atoms with E-state index in [1.54, 1.807) is 10.8 Å². The van der Waals surface area contributed by atoms with Crippen LogP contribution in [0.15, 0.2) is 0 Å². The molecule has 0 nitrogen and oxygen atoms in total. The van der Waals surface area contributed by atoms with Gasteiger partial charge in [0.15, 0.2) is 0 Å². The van der Waals surface area contributed by atoms with Crippen molar-refractivity contribution in [2.24, 2.45) is 0 Å². The summed E-state index contributed by atoms with van der Waals surface area (Å²) in [5, 5.41) is 0.801. The molecule has 0 saturated heterocycles. The number of rotatable bonds is 8. The molecule has 0 aliphatic heterocycles. The summed E-state index contributed by atoms with van der Waals surface area (Å²) in [7, 11) is 1.75. The minimum Gasteiger partial charge on any atom is -0.111 e. The number of hydrogen-bond acceptors (Lipinski definition) is 2. The van der Waals surface area contributed by atoms with Crippen molar-refractivity contribution in [2.45, 2.75) is 64.0 Å². The maximum absolute atomic E-state index is 4.29. The second kappa shape index (κ2) is 9.79. The van der Waals surface area contributed by atoms with Crippen molar-refractivity contribution < 1.29 is 0 Å². The van der Waals surface area contributed by atoms with Crippen molar-refractivity contribution >= 4 is 22.5 Å². The third-order valence-electron chi connectivity index (χ3n) is 2.14. The van der Waals surface area contributed by atoms with E-state index in [0.29, 0.717) is 0 Å². The first-order valence-corrected chi connectivity index (χ1v) is 7.08. The Bertz CT molecular complexity index is 83.9. The van der Waals surface area contributed by atoms with E-state index in [2.05, 4.69) is 25.5 Å². The van der Waals surface area contributed by atoms with E-state index < -0.39 is 0 Å². The van der Waals surface area contributed by atoms with Gasteiger partial charge in [-0.05, 0) is 12.8 Å². The summed E-state index contributed by atoms with van der Waals surface area (Å²) < 4.78 is 0. The van der Waals surface area contributed by atoms with Gasteiger partial charge < -0.3 is 0 Å². The fourth-order valence-corrected chi connectivity index (χ4v) is 2.62. The van der Waals surface area contributed by atoms with Crippen LogP contribution in [-0.4, -0.2) is 5.25 Å². The molecule has 0 aliphatic rings. The molecule has 0 heterocycles. The van der Waals surface area contributed by atoms with Crippen molar-refractivity contribution in [1.82, 2.24) is 0 Å². The van der Waals surface area contributed by atoms with E-state index >= 15 is 0 Å². The Morgan fingerprint density at radius 2 is 1.75 bits per heavy atom. The quantitative estimate of drug-likeness (QED) is 0.341. The van der Waals surface area contributed by atoms with Crippen molar-refractivity contribution in [3.63, 3.8) is 0 Å². The largest absolute Gasteiger partial charge is 0.111 e. The van der Waals surface area contributed by atoms with Crippen LogP contribution < -0.4 is 0 Å². The smallest absolute Gasteiger partial charge is 0.0148 e. The lowest BCUT2D eigenvalue weighted by atomic mass is 10.1. The van der Waals surface area contributed by atoms with Crippen molar-refractivity contribution in [1.29, 1.82) is 0 Å². The third kappa shape index (κ3) is 7.35. The standard InChI is InChI=1S/C10H22S2/c1-3-5-6-7-9-10(12-11)8-4-2/h10-11H,3-9H2,1-2H3. The number of thiol groups is 1. The molecule has 1 atom stereocenters. The summed E-state index contributed by atoms with van der Waals surface area (Å²) in [6.45, 7) is 4.51. The third-order valence-corrected chi connectivity index (χ3v) is 3.80. The number of unbranched alkanes of at least 4 members (excludes halogenated alkanes) is 3. The fraction of sp³-hybridized carbons (Fsp3) is 1.00. The second-order valence-corrected chi connectivity index (χ2v) is 4.88. The Labute approximate surface area is 86.7 Å². The molecule has 1 unspecified atom stereocenters. The van der Waals surface area contributed by atoms with Crippen molar-refractivity contribution in [3.05, 3.63) is 0 Å². The molecule has 0 aromatic heterocycles. The molecule has 0 aromatic rings. The van der Waals surface area contributed by atoms with Crippen molar-refractivity contribution in [3.8, 4) is 0 Å². The lowest BCUT2D eigenvalue weighted by Gasteiger charge is -2.11. The Morgan fingerprint density at radius 3 is 2.25 bits per heavy atom. The van der Waals surface area contributed by atoms with Gasteiger partial charge in [0.05, 0.1) is 0 Å². The molecule has 2 heteroatoms. The van der Waals surface area contributed by atoms with Gasteiger partial charge in [-0.1, -0.05) is 56.7 Å². The van der Waals surface area contributed by atoms with Gasteiger partial charge in [-0.15, -0.1) is 11.7 Å². The minimum atomic E-state index is 0.801. The maximum atomic E-state index is 4.29. The molecule has 0 saturated carbocycles. The summed E-state index contributed by atoms with van der Waals surface area (Å²) in [4.78, 5) is 0. The van der Waals surface area contributed by atoms with Gasteiger partial charge in [-0.25, -0.2) is 0 Å².